The molecule has 18 heavy (non-hydrogen) atoms. The Labute approximate surface area is 108 Å². The van der Waals surface area contributed by atoms with Crippen molar-refractivity contribution in [2.75, 3.05) is 0 Å². The van der Waals surface area contributed by atoms with Gasteiger partial charge in [0.2, 0.25) is 0 Å². The molecule has 0 radical (unpaired) electrons. The lowest BCUT2D eigenvalue weighted by molar-refractivity contribution is 0.281. The second-order valence-electron chi connectivity index (χ2n) is 4.91. The van der Waals surface area contributed by atoms with Crippen molar-refractivity contribution in [3.63, 3.8) is 0 Å². The molecule has 2 unspecified atom stereocenters. The van der Waals surface area contributed by atoms with Crippen LogP contribution in [-0.4, -0.2) is 0 Å². The van der Waals surface area contributed by atoms with E-state index in [4.69, 9.17) is 4.74 Å². The monoisotopic (exact) mass is 238 g/mol. The van der Waals surface area contributed by atoms with Crippen molar-refractivity contribution in [2.24, 2.45) is 0 Å². The summed E-state index contributed by atoms with van der Waals surface area (Å²) in [5.74, 6) is 0. The molecule has 2 aromatic carbocycles. The van der Waals surface area contributed by atoms with Crippen molar-refractivity contribution in [3.8, 4) is 0 Å². The van der Waals surface area contributed by atoms with E-state index in [1.165, 1.54) is 11.1 Å². The summed E-state index contributed by atoms with van der Waals surface area (Å²) >= 11 is 0. The number of hydrogen-bond donors (Lipinski definition) is 0. The highest BCUT2D eigenvalue weighted by Gasteiger charge is 2.57. The minimum Gasteiger partial charge on any atom is -0.356 e. The highest BCUT2D eigenvalue weighted by molar-refractivity contribution is 5.35. The molecule has 2 aromatic rings. The second-order valence-corrected chi connectivity index (χ2v) is 4.91. The Hall–Kier alpha value is -1.60. The largest absolute Gasteiger partial charge is 0.356 e. The lowest BCUT2D eigenvalue weighted by Gasteiger charge is -2.12. The molecular formula is C17H18O. The number of ether oxygens (including phenoxy) is 1. The zero-order chi connectivity index (χ0) is 12.4. The molecule has 1 heterocycles. The minimum atomic E-state index is -0.0859. The summed E-state index contributed by atoms with van der Waals surface area (Å²) in [7, 11) is 0. The van der Waals surface area contributed by atoms with Gasteiger partial charge in [-0.3, -0.25) is 0 Å². The van der Waals surface area contributed by atoms with Gasteiger partial charge in [-0.1, -0.05) is 74.0 Å². The van der Waals surface area contributed by atoms with E-state index in [1.54, 1.807) is 0 Å². The normalized spacial score (nSPS) is 25.9. The van der Waals surface area contributed by atoms with Gasteiger partial charge < -0.3 is 4.74 Å². The highest BCUT2D eigenvalue weighted by Crippen LogP contribution is 2.59. The number of benzene rings is 2. The third-order valence-corrected chi connectivity index (χ3v) is 3.68. The van der Waals surface area contributed by atoms with Gasteiger partial charge in [0, 0.05) is 0 Å². The number of hydrogen-bond acceptors (Lipinski definition) is 1. The molecular weight excluding hydrogens is 220 g/mol. The first-order valence-electron chi connectivity index (χ1n) is 6.65. The lowest BCUT2D eigenvalue weighted by Crippen LogP contribution is -2.09. The standard InChI is InChI=1S/C17H18O/c1-2-13-17(15-11-7-4-8-12-15)16(18-17)14-9-5-3-6-10-14/h3-12,16H,2,13H2,1H3. The molecule has 0 N–H and O–H groups in total. The quantitative estimate of drug-likeness (QED) is 0.717. The first-order valence-corrected chi connectivity index (χ1v) is 6.65. The van der Waals surface area contributed by atoms with Crippen LogP contribution in [-0.2, 0) is 10.3 Å². The van der Waals surface area contributed by atoms with Gasteiger partial charge in [0.05, 0.1) is 0 Å². The average Bonchev–Trinajstić information content (AvgIpc) is 3.17. The maximum atomic E-state index is 6.12. The van der Waals surface area contributed by atoms with Crippen LogP contribution in [0.4, 0.5) is 0 Å². The highest BCUT2D eigenvalue weighted by atomic mass is 16.6. The molecule has 1 aliphatic rings. The Balaban J connectivity index is 1.93. The third kappa shape index (κ3) is 1.85. The van der Waals surface area contributed by atoms with Gasteiger partial charge in [-0.15, -0.1) is 0 Å². The van der Waals surface area contributed by atoms with E-state index in [2.05, 4.69) is 67.6 Å². The summed E-state index contributed by atoms with van der Waals surface area (Å²) in [5, 5.41) is 0. The summed E-state index contributed by atoms with van der Waals surface area (Å²) in [4.78, 5) is 0. The van der Waals surface area contributed by atoms with E-state index < -0.39 is 0 Å². The van der Waals surface area contributed by atoms with Gasteiger partial charge in [0.1, 0.15) is 11.7 Å². The summed E-state index contributed by atoms with van der Waals surface area (Å²) in [6, 6.07) is 21.1. The Morgan fingerprint density at radius 2 is 1.56 bits per heavy atom. The first kappa shape index (κ1) is 11.5. The summed E-state index contributed by atoms with van der Waals surface area (Å²) in [6.07, 6.45) is 2.44. The molecule has 1 aliphatic heterocycles. The average molecular weight is 238 g/mol. The molecule has 92 valence electrons. The molecule has 1 saturated heterocycles. The Morgan fingerprint density at radius 1 is 0.944 bits per heavy atom. The lowest BCUT2D eigenvalue weighted by atomic mass is 9.88. The van der Waals surface area contributed by atoms with Crippen molar-refractivity contribution in [1.29, 1.82) is 0 Å². The van der Waals surface area contributed by atoms with E-state index in [1.807, 2.05) is 0 Å². The molecule has 0 aromatic heterocycles. The minimum absolute atomic E-state index is 0.0859. The van der Waals surface area contributed by atoms with Crippen molar-refractivity contribution in [1.82, 2.24) is 0 Å². The first-order chi connectivity index (χ1) is 8.87. The van der Waals surface area contributed by atoms with Gasteiger partial charge in [-0.2, -0.15) is 0 Å². The van der Waals surface area contributed by atoms with Crippen molar-refractivity contribution < 1.29 is 4.74 Å². The van der Waals surface area contributed by atoms with E-state index in [0.29, 0.717) is 0 Å². The number of rotatable bonds is 4. The predicted molar refractivity (Wildman–Crippen MR) is 73.3 cm³/mol. The van der Waals surface area contributed by atoms with Crippen LogP contribution < -0.4 is 0 Å². The molecule has 1 fully saturated rings. The van der Waals surface area contributed by atoms with Gasteiger partial charge >= 0.3 is 0 Å². The van der Waals surface area contributed by atoms with Crippen LogP contribution in [0.1, 0.15) is 37.0 Å². The summed E-state index contributed by atoms with van der Waals surface area (Å²) in [6.45, 7) is 2.22. The molecule has 0 aliphatic carbocycles. The van der Waals surface area contributed by atoms with Crippen LogP contribution in [0.15, 0.2) is 60.7 Å². The predicted octanol–water partition coefficient (Wildman–Crippen LogP) is 4.45. The van der Waals surface area contributed by atoms with Gasteiger partial charge in [0.15, 0.2) is 0 Å². The van der Waals surface area contributed by atoms with E-state index in [9.17, 15) is 0 Å². The zero-order valence-corrected chi connectivity index (χ0v) is 10.7. The molecule has 0 saturated carbocycles. The van der Waals surface area contributed by atoms with Crippen LogP contribution in [0.3, 0.4) is 0 Å². The molecule has 1 nitrogen and oxygen atoms in total. The Bertz CT molecular complexity index is 506. The van der Waals surface area contributed by atoms with Crippen LogP contribution in [0.5, 0.6) is 0 Å². The van der Waals surface area contributed by atoms with Gasteiger partial charge in [0.25, 0.3) is 0 Å². The fraction of sp³-hybridized carbons (Fsp3) is 0.294. The fourth-order valence-electron chi connectivity index (χ4n) is 2.79. The number of epoxide rings is 1. The fourth-order valence-corrected chi connectivity index (χ4v) is 2.79. The van der Waals surface area contributed by atoms with E-state index >= 15 is 0 Å². The molecule has 0 amide bonds. The van der Waals surface area contributed by atoms with Crippen LogP contribution in [0, 0.1) is 0 Å². The van der Waals surface area contributed by atoms with Gasteiger partial charge in [-0.25, -0.2) is 0 Å². The maximum absolute atomic E-state index is 6.12. The third-order valence-electron chi connectivity index (χ3n) is 3.68. The van der Waals surface area contributed by atoms with Crippen molar-refractivity contribution in [2.45, 2.75) is 31.5 Å². The Morgan fingerprint density at radius 3 is 2.17 bits per heavy atom. The van der Waals surface area contributed by atoms with Crippen molar-refractivity contribution >= 4 is 0 Å². The van der Waals surface area contributed by atoms with Crippen LogP contribution in [0.25, 0.3) is 0 Å². The van der Waals surface area contributed by atoms with E-state index in [0.717, 1.165) is 12.8 Å². The summed E-state index contributed by atoms with van der Waals surface area (Å²) in [5.41, 5.74) is 2.51. The topological polar surface area (TPSA) is 12.5 Å². The molecule has 0 spiro atoms. The zero-order valence-electron chi connectivity index (χ0n) is 10.7. The molecule has 2 atom stereocenters. The van der Waals surface area contributed by atoms with Crippen molar-refractivity contribution in [3.05, 3.63) is 71.8 Å². The van der Waals surface area contributed by atoms with E-state index in [-0.39, 0.29) is 11.7 Å². The molecule has 0 bridgehead atoms. The smallest absolute Gasteiger partial charge is 0.124 e. The SMILES string of the molecule is CCCC1(c2ccccc2)OC1c1ccccc1. The Kier molecular flexibility index (Phi) is 2.92. The van der Waals surface area contributed by atoms with Crippen LogP contribution in [0.2, 0.25) is 0 Å². The second kappa shape index (κ2) is 4.58. The van der Waals surface area contributed by atoms with Crippen LogP contribution >= 0.6 is 0 Å². The summed E-state index contributed by atoms with van der Waals surface area (Å²) < 4.78 is 6.12. The molecule has 3 rings (SSSR count). The van der Waals surface area contributed by atoms with Gasteiger partial charge in [-0.05, 0) is 17.5 Å². The maximum Gasteiger partial charge on any atom is 0.124 e. The molecule has 1 heteroatoms.